The van der Waals surface area contributed by atoms with Crippen LogP contribution in [0.15, 0.2) is 24.3 Å². The second kappa shape index (κ2) is 6.94. The average Bonchev–Trinajstić information content (AvgIpc) is 2.30. The normalized spacial score (nSPS) is 10.1. The van der Waals surface area contributed by atoms with E-state index in [0.717, 1.165) is 25.1 Å². The molecule has 0 aliphatic rings. The van der Waals surface area contributed by atoms with Gasteiger partial charge in [-0.15, -0.1) is 0 Å². The molecule has 1 N–H and O–H groups in total. The fourth-order valence-electron chi connectivity index (χ4n) is 1.71. The molecule has 1 rings (SSSR count). The van der Waals surface area contributed by atoms with Crippen LogP contribution in [0.4, 0.5) is 10.5 Å². The van der Waals surface area contributed by atoms with E-state index in [2.05, 4.69) is 12.2 Å². The molecule has 0 atom stereocenters. The van der Waals surface area contributed by atoms with Crippen molar-refractivity contribution in [3.05, 3.63) is 29.8 Å². The lowest BCUT2D eigenvalue weighted by atomic mass is 10.2. The summed E-state index contributed by atoms with van der Waals surface area (Å²) in [5.41, 5.74) is 2.13. The second-order valence-electron chi connectivity index (χ2n) is 4.17. The number of amides is 2. The quantitative estimate of drug-likeness (QED) is 0.779. The van der Waals surface area contributed by atoms with Crippen LogP contribution >= 0.6 is 0 Å². The lowest BCUT2D eigenvalue weighted by molar-refractivity contribution is 0.246. The maximum absolute atomic E-state index is 12.0. The Kier molecular flexibility index (Phi) is 5.53. The summed E-state index contributed by atoms with van der Waals surface area (Å²) in [5.74, 6) is 0. The monoisotopic (exact) mass is 234 g/mol. The van der Waals surface area contributed by atoms with Crippen LogP contribution in [0.5, 0.6) is 0 Å². The summed E-state index contributed by atoms with van der Waals surface area (Å²) < 4.78 is 0. The van der Waals surface area contributed by atoms with Gasteiger partial charge in [-0.2, -0.15) is 0 Å². The zero-order valence-corrected chi connectivity index (χ0v) is 11.0. The third-order valence-electron chi connectivity index (χ3n) is 2.68. The molecule has 0 spiro atoms. The standard InChI is InChI=1S/C14H22N2O/c1-4-6-10-15-14(17)16(5-2)13-9-7-8-12(3)11-13/h7-9,11H,4-6,10H2,1-3H3,(H,15,17). The first kappa shape index (κ1) is 13.6. The highest BCUT2D eigenvalue weighted by Crippen LogP contribution is 2.15. The highest BCUT2D eigenvalue weighted by Gasteiger charge is 2.12. The van der Waals surface area contributed by atoms with Gasteiger partial charge in [-0.25, -0.2) is 4.79 Å². The fraction of sp³-hybridized carbons (Fsp3) is 0.500. The van der Waals surface area contributed by atoms with Gasteiger partial charge in [0.25, 0.3) is 0 Å². The highest BCUT2D eigenvalue weighted by atomic mass is 16.2. The molecule has 1 aromatic carbocycles. The summed E-state index contributed by atoms with van der Waals surface area (Å²) in [6.45, 7) is 7.57. The minimum absolute atomic E-state index is 0.00782. The van der Waals surface area contributed by atoms with E-state index in [9.17, 15) is 4.79 Å². The molecule has 0 aromatic heterocycles. The first-order chi connectivity index (χ1) is 8.19. The van der Waals surface area contributed by atoms with Crippen molar-refractivity contribution >= 4 is 11.7 Å². The first-order valence-electron chi connectivity index (χ1n) is 6.31. The van der Waals surface area contributed by atoms with Crippen molar-refractivity contribution in [2.24, 2.45) is 0 Å². The highest BCUT2D eigenvalue weighted by molar-refractivity contribution is 5.91. The number of carbonyl (C=O) groups excluding carboxylic acids is 1. The molecule has 0 saturated carbocycles. The maximum Gasteiger partial charge on any atom is 0.321 e. The van der Waals surface area contributed by atoms with Crippen molar-refractivity contribution in [2.45, 2.75) is 33.6 Å². The first-order valence-corrected chi connectivity index (χ1v) is 6.31. The average molecular weight is 234 g/mol. The molecule has 0 fully saturated rings. The molecule has 3 heteroatoms. The minimum atomic E-state index is -0.00782. The maximum atomic E-state index is 12.0. The predicted octanol–water partition coefficient (Wildman–Crippen LogP) is 3.33. The summed E-state index contributed by atoms with van der Waals surface area (Å²) >= 11 is 0. The predicted molar refractivity (Wildman–Crippen MR) is 72.5 cm³/mol. The number of hydrogen-bond donors (Lipinski definition) is 1. The van der Waals surface area contributed by atoms with Gasteiger partial charge in [0.2, 0.25) is 0 Å². The Morgan fingerprint density at radius 3 is 2.71 bits per heavy atom. The minimum Gasteiger partial charge on any atom is -0.338 e. The van der Waals surface area contributed by atoms with Crippen molar-refractivity contribution in [3.8, 4) is 0 Å². The van der Waals surface area contributed by atoms with E-state index >= 15 is 0 Å². The van der Waals surface area contributed by atoms with Crippen molar-refractivity contribution in [1.82, 2.24) is 5.32 Å². The third-order valence-corrected chi connectivity index (χ3v) is 2.68. The molecule has 0 unspecified atom stereocenters. The van der Waals surface area contributed by atoms with Crippen LogP contribution in [0.1, 0.15) is 32.3 Å². The SMILES string of the molecule is CCCCNC(=O)N(CC)c1cccc(C)c1. The number of aryl methyl sites for hydroxylation is 1. The Morgan fingerprint density at radius 1 is 1.35 bits per heavy atom. The van der Waals surface area contributed by atoms with Crippen molar-refractivity contribution in [1.29, 1.82) is 0 Å². The van der Waals surface area contributed by atoms with E-state index in [0.29, 0.717) is 6.54 Å². The van der Waals surface area contributed by atoms with Gasteiger partial charge in [-0.3, -0.25) is 4.90 Å². The topological polar surface area (TPSA) is 32.3 Å². The number of unbranched alkanes of at least 4 members (excludes halogenated alkanes) is 1. The number of benzene rings is 1. The summed E-state index contributed by atoms with van der Waals surface area (Å²) in [7, 11) is 0. The summed E-state index contributed by atoms with van der Waals surface area (Å²) in [6.07, 6.45) is 2.12. The number of hydrogen-bond acceptors (Lipinski definition) is 1. The number of rotatable bonds is 5. The van der Waals surface area contributed by atoms with Crippen molar-refractivity contribution in [2.75, 3.05) is 18.0 Å². The van der Waals surface area contributed by atoms with Gasteiger partial charge in [0.1, 0.15) is 0 Å². The number of urea groups is 1. The number of anilines is 1. The summed E-state index contributed by atoms with van der Waals surface area (Å²) in [4.78, 5) is 13.7. The van der Waals surface area contributed by atoms with Crippen LogP contribution in [-0.4, -0.2) is 19.1 Å². The molecule has 0 heterocycles. The largest absolute Gasteiger partial charge is 0.338 e. The molecular formula is C14H22N2O. The van der Waals surface area contributed by atoms with Crippen LogP contribution in [0.3, 0.4) is 0 Å². The lowest BCUT2D eigenvalue weighted by Crippen LogP contribution is -2.40. The van der Waals surface area contributed by atoms with Gasteiger partial charge in [0.05, 0.1) is 0 Å². The second-order valence-corrected chi connectivity index (χ2v) is 4.17. The molecule has 3 nitrogen and oxygen atoms in total. The molecule has 17 heavy (non-hydrogen) atoms. The molecule has 0 aliphatic heterocycles. The Morgan fingerprint density at radius 2 is 2.12 bits per heavy atom. The molecule has 0 saturated heterocycles. The number of nitrogens with zero attached hydrogens (tertiary/aromatic N) is 1. The molecule has 1 aromatic rings. The van der Waals surface area contributed by atoms with Gasteiger partial charge in [-0.1, -0.05) is 25.5 Å². The van der Waals surface area contributed by atoms with E-state index in [-0.39, 0.29) is 6.03 Å². The van der Waals surface area contributed by atoms with E-state index in [1.165, 1.54) is 5.56 Å². The molecular weight excluding hydrogens is 212 g/mol. The number of nitrogens with one attached hydrogen (secondary N) is 1. The van der Waals surface area contributed by atoms with E-state index in [1.54, 1.807) is 4.90 Å². The van der Waals surface area contributed by atoms with Gasteiger partial charge in [-0.05, 0) is 38.0 Å². The summed E-state index contributed by atoms with van der Waals surface area (Å²) in [5, 5.41) is 2.94. The molecule has 0 bridgehead atoms. The molecule has 0 radical (unpaired) electrons. The molecule has 2 amide bonds. The van der Waals surface area contributed by atoms with E-state index in [1.807, 2.05) is 38.1 Å². The molecule has 94 valence electrons. The van der Waals surface area contributed by atoms with Crippen LogP contribution in [0, 0.1) is 6.92 Å². The smallest absolute Gasteiger partial charge is 0.321 e. The zero-order chi connectivity index (χ0) is 12.7. The fourth-order valence-corrected chi connectivity index (χ4v) is 1.71. The van der Waals surface area contributed by atoms with E-state index < -0.39 is 0 Å². The lowest BCUT2D eigenvalue weighted by Gasteiger charge is -2.21. The van der Waals surface area contributed by atoms with Gasteiger partial charge >= 0.3 is 6.03 Å². The Labute approximate surface area is 104 Å². The van der Waals surface area contributed by atoms with Gasteiger partial charge < -0.3 is 5.32 Å². The van der Waals surface area contributed by atoms with Crippen LogP contribution in [-0.2, 0) is 0 Å². The van der Waals surface area contributed by atoms with Gasteiger partial charge in [0, 0.05) is 18.8 Å². The Balaban J connectivity index is 2.67. The van der Waals surface area contributed by atoms with Crippen LogP contribution < -0.4 is 10.2 Å². The van der Waals surface area contributed by atoms with E-state index in [4.69, 9.17) is 0 Å². The van der Waals surface area contributed by atoms with Gasteiger partial charge in [0.15, 0.2) is 0 Å². The third kappa shape index (κ3) is 4.10. The van der Waals surface area contributed by atoms with Crippen LogP contribution in [0.25, 0.3) is 0 Å². The number of carbonyl (C=O) groups is 1. The Bertz CT molecular complexity index is 363. The Hall–Kier alpha value is -1.51. The zero-order valence-electron chi connectivity index (χ0n) is 11.0. The molecule has 0 aliphatic carbocycles. The van der Waals surface area contributed by atoms with Crippen molar-refractivity contribution in [3.63, 3.8) is 0 Å². The summed E-state index contributed by atoms with van der Waals surface area (Å²) in [6, 6.07) is 8.00. The van der Waals surface area contributed by atoms with Crippen molar-refractivity contribution < 1.29 is 4.79 Å². The van der Waals surface area contributed by atoms with Crippen LogP contribution in [0.2, 0.25) is 0 Å².